The van der Waals surface area contributed by atoms with Gasteiger partial charge in [0.15, 0.2) is 0 Å². The van der Waals surface area contributed by atoms with Gasteiger partial charge >= 0.3 is 0 Å². The average Bonchev–Trinajstić information content (AvgIpc) is 3.12. The lowest BCUT2D eigenvalue weighted by Gasteiger charge is -2.21. The normalized spacial score (nSPS) is 14.9. The van der Waals surface area contributed by atoms with E-state index in [1.165, 1.54) is 5.56 Å². The van der Waals surface area contributed by atoms with Gasteiger partial charge in [-0.15, -0.1) is 0 Å². The van der Waals surface area contributed by atoms with E-state index < -0.39 is 0 Å². The Labute approximate surface area is 177 Å². The van der Waals surface area contributed by atoms with Crippen LogP contribution in [0.1, 0.15) is 30.5 Å². The number of hydrogen-bond acceptors (Lipinski definition) is 2. The van der Waals surface area contributed by atoms with E-state index in [1.54, 1.807) is 4.90 Å². The predicted octanol–water partition coefficient (Wildman–Crippen LogP) is 6.12. The number of carbonyl (C=O) groups is 1. The molecule has 1 heterocycles. The summed E-state index contributed by atoms with van der Waals surface area (Å²) in [7, 11) is 0. The Morgan fingerprint density at radius 2 is 1.57 bits per heavy atom. The molecule has 30 heavy (non-hydrogen) atoms. The lowest BCUT2D eigenvalue weighted by molar-refractivity contribution is -0.113. The lowest BCUT2D eigenvalue weighted by Crippen LogP contribution is -2.24. The smallest absolute Gasteiger partial charge is 0.262 e. The zero-order chi connectivity index (χ0) is 20.9. The van der Waals surface area contributed by atoms with E-state index in [0.717, 1.165) is 34.7 Å². The topological polar surface area (TPSA) is 29.5 Å². The third-order valence-electron chi connectivity index (χ3n) is 5.17. The molecule has 0 saturated carbocycles. The van der Waals surface area contributed by atoms with Crippen molar-refractivity contribution in [1.82, 2.24) is 0 Å². The molecule has 1 amide bonds. The highest BCUT2D eigenvalue weighted by Gasteiger charge is 2.30. The van der Waals surface area contributed by atoms with Crippen LogP contribution in [0.25, 0.3) is 11.8 Å². The van der Waals surface area contributed by atoms with Crippen molar-refractivity contribution in [2.75, 3.05) is 11.5 Å². The monoisotopic (exact) mass is 395 g/mol. The molecular weight excluding hydrogens is 370 g/mol. The lowest BCUT2D eigenvalue weighted by atomic mass is 10.1. The van der Waals surface area contributed by atoms with Gasteiger partial charge in [-0.2, -0.15) is 0 Å². The number of aryl methyl sites for hydroxylation is 1. The number of ether oxygens (including phenoxy) is 1. The van der Waals surface area contributed by atoms with Gasteiger partial charge in [0.05, 0.1) is 12.3 Å². The Kier molecular flexibility index (Phi) is 5.80. The predicted molar refractivity (Wildman–Crippen MR) is 123 cm³/mol. The van der Waals surface area contributed by atoms with Crippen LogP contribution in [0.3, 0.4) is 0 Å². The molecule has 0 saturated heterocycles. The zero-order valence-electron chi connectivity index (χ0n) is 17.3. The Hall–Kier alpha value is -3.59. The number of amides is 1. The van der Waals surface area contributed by atoms with Crippen LogP contribution in [-0.2, 0) is 11.2 Å². The third-order valence-corrected chi connectivity index (χ3v) is 5.17. The van der Waals surface area contributed by atoms with Crippen LogP contribution in [0, 0.1) is 0 Å². The molecule has 1 aliphatic heterocycles. The summed E-state index contributed by atoms with van der Waals surface area (Å²) in [6.07, 6.45) is 4.88. The summed E-state index contributed by atoms with van der Waals surface area (Å²) in [6.45, 7) is 4.72. The van der Waals surface area contributed by atoms with Crippen LogP contribution in [-0.4, -0.2) is 12.5 Å². The molecule has 3 nitrogen and oxygen atoms in total. The molecule has 0 aromatic heterocycles. The van der Waals surface area contributed by atoms with Crippen molar-refractivity contribution in [3.05, 3.63) is 107 Å². The summed E-state index contributed by atoms with van der Waals surface area (Å²) < 4.78 is 5.51. The average molecular weight is 396 g/mol. The van der Waals surface area contributed by atoms with Gasteiger partial charge in [0.1, 0.15) is 5.75 Å². The minimum atomic E-state index is -0.0213. The molecule has 150 valence electrons. The van der Waals surface area contributed by atoms with Crippen molar-refractivity contribution in [3.63, 3.8) is 0 Å². The van der Waals surface area contributed by atoms with Crippen molar-refractivity contribution < 1.29 is 9.53 Å². The molecule has 0 aliphatic carbocycles. The number of anilines is 1. The van der Waals surface area contributed by atoms with E-state index >= 15 is 0 Å². The van der Waals surface area contributed by atoms with E-state index in [4.69, 9.17) is 4.74 Å². The van der Waals surface area contributed by atoms with E-state index in [9.17, 15) is 4.79 Å². The molecule has 3 aromatic rings. The highest BCUT2D eigenvalue weighted by molar-refractivity contribution is 6.23. The van der Waals surface area contributed by atoms with Crippen LogP contribution in [0.5, 0.6) is 5.75 Å². The van der Waals surface area contributed by atoms with Gasteiger partial charge in [0.2, 0.25) is 0 Å². The van der Waals surface area contributed by atoms with Gasteiger partial charge in [-0.25, -0.2) is 0 Å². The SMILES string of the molecule is CCOc1ccc(/C=C2\C=C(c3ccccc3)N(c3ccc(CC)cc3)C2=O)cc1. The third kappa shape index (κ3) is 4.06. The molecule has 0 radical (unpaired) electrons. The number of nitrogens with zero attached hydrogens (tertiary/aromatic N) is 1. The summed E-state index contributed by atoms with van der Waals surface area (Å²) in [6, 6.07) is 26.0. The first-order chi connectivity index (χ1) is 14.7. The van der Waals surface area contributed by atoms with Crippen LogP contribution < -0.4 is 9.64 Å². The summed E-state index contributed by atoms with van der Waals surface area (Å²) >= 11 is 0. The van der Waals surface area contributed by atoms with E-state index in [1.807, 2.05) is 85.8 Å². The molecule has 0 atom stereocenters. The minimum absolute atomic E-state index is 0.0213. The Morgan fingerprint density at radius 1 is 0.867 bits per heavy atom. The van der Waals surface area contributed by atoms with Crippen LogP contribution >= 0.6 is 0 Å². The molecular formula is C27H25NO2. The fourth-order valence-electron chi connectivity index (χ4n) is 3.58. The molecule has 0 unspecified atom stereocenters. The van der Waals surface area contributed by atoms with E-state index in [-0.39, 0.29) is 5.91 Å². The summed E-state index contributed by atoms with van der Waals surface area (Å²) in [4.78, 5) is 15.2. The zero-order valence-corrected chi connectivity index (χ0v) is 17.3. The van der Waals surface area contributed by atoms with Gasteiger partial charge in [-0.1, -0.05) is 61.5 Å². The van der Waals surface area contributed by atoms with Gasteiger partial charge in [-0.3, -0.25) is 9.69 Å². The molecule has 3 aromatic carbocycles. The summed E-state index contributed by atoms with van der Waals surface area (Å²) in [5, 5.41) is 0. The largest absolute Gasteiger partial charge is 0.494 e. The van der Waals surface area contributed by atoms with Crippen LogP contribution in [0.15, 0.2) is 90.5 Å². The van der Waals surface area contributed by atoms with Crippen molar-refractivity contribution in [2.45, 2.75) is 20.3 Å². The minimum Gasteiger partial charge on any atom is -0.494 e. The van der Waals surface area contributed by atoms with Gasteiger partial charge in [0.25, 0.3) is 5.91 Å². The van der Waals surface area contributed by atoms with Crippen molar-refractivity contribution in [2.24, 2.45) is 0 Å². The number of hydrogen-bond donors (Lipinski definition) is 0. The first-order valence-electron chi connectivity index (χ1n) is 10.3. The van der Waals surface area contributed by atoms with Crippen LogP contribution in [0.4, 0.5) is 5.69 Å². The fraction of sp³-hybridized carbons (Fsp3) is 0.148. The van der Waals surface area contributed by atoms with Crippen molar-refractivity contribution in [3.8, 4) is 5.75 Å². The highest BCUT2D eigenvalue weighted by Crippen LogP contribution is 2.35. The first-order valence-corrected chi connectivity index (χ1v) is 10.3. The Morgan fingerprint density at radius 3 is 2.20 bits per heavy atom. The molecule has 0 bridgehead atoms. The second-order valence-corrected chi connectivity index (χ2v) is 7.16. The first kappa shape index (κ1) is 19.7. The van der Waals surface area contributed by atoms with Crippen molar-refractivity contribution >= 4 is 23.4 Å². The Bertz CT molecular complexity index is 1080. The van der Waals surface area contributed by atoms with Crippen LogP contribution in [0.2, 0.25) is 0 Å². The molecule has 0 spiro atoms. The highest BCUT2D eigenvalue weighted by atomic mass is 16.5. The van der Waals surface area contributed by atoms with E-state index in [0.29, 0.717) is 12.2 Å². The van der Waals surface area contributed by atoms with Gasteiger partial charge < -0.3 is 4.74 Å². The van der Waals surface area contributed by atoms with Gasteiger partial charge in [0, 0.05) is 11.3 Å². The van der Waals surface area contributed by atoms with E-state index in [2.05, 4.69) is 19.1 Å². The maximum absolute atomic E-state index is 13.4. The Balaban J connectivity index is 1.73. The second-order valence-electron chi connectivity index (χ2n) is 7.16. The second kappa shape index (κ2) is 8.83. The van der Waals surface area contributed by atoms with Crippen molar-refractivity contribution in [1.29, 1.82) is 0 Å². The van der Waals surface area contributed by atoms with Gasteiger partial charge in [-0.05, 0) is 66.5 Å². The molecule has 1 aliphatic rings. The molecule has 0 N–H and O–H groups in total. The summed E-state index contributed by atoms with van der Waals surface area (Å²) in [5.41, 5.74) is 5.66. The molecule has 3 heteroatoms. The number of carbonyl (C=O) groups excluding carboxylic acids is 1. The number of benzene rings is 3. The standard InChI is InChI=1S/C27H25NO2/c1-3-20-10-14-24(15-11-20)28-26(22-8-6-5-7-9-22)19-23(27(28)29)18-21-12-16-25(17-13-21)30-4-2/h5-19H,3-4H2,1-2H3/b23-18+. The summed E-state index contributed by atoms with van der Waals surface area (Å²) in [5.74, 6) is 0.808. The quantitative estimate of drug-likeness (QED) is 0.471. The maximum Gasteiger partial charge on any atom is 0.262 e. The fourth-order valence-corrected chi connectivity index (χ4v) is 3.58. The molecule has 0 fully saturated rings. The number of rotatable bonds is 6. The molecule has 4 rings (SSSR count). The maximum atomic E-state index is 13.4.